The molecule has 0 radical (unpaired) electrons. The molecule has 0 saturated heterocycles. The monoisotopic (exact) mass is 468 g/mol. The molecule has 172 valence electrons. The molecule has 0 heterocycles. The van der Waals surface area contributed by atoms with Crippen LogP contribution >= 0.6 is 11.8 Å². The average Bonchev–Trinajstić information content (AvgIpc) is 2.83. The minimum Gasteiger partial charge on any atom is -0.357 e. The van der Waals surface area contributed by atoms with Crippen molar-refractivity contribution in [2.24, 2.45) is 0 Å². The summed E-state index contributed by atoms with van der Waals surface area (Å²) in [6, 6.07) is 21.2. The Hall–Kier alpha value is -3.19. The van der Waals surface area contributed by atoms with Gasteiger partial charge in [0.1, 0.15) is 17.7 Å². The Morgan fingerprint density at radius 1 is 0.879 bits per heavy atom. The van der Waals surface area contributed by atoms with Crippen molar-refractivity contribution in [2.75, 3.05) is 12.8 Å². The highest BCUT2D eigenvalue weighted by Crippen LogP contribution is 2.20. The van der Waals surface area contributed by atoms with Gasteiger partial charge in [-0.1, -0.05) is 66.7 Å². The van der Waals surface area contributed by atoms with Gasteiger partial charge in [0, 0.05) is 31.3 Å². The molecule has 0 aliphatic heterocycles. The number of hydrogen-bond acceptors (Lipinski definition) is 3. The third-order valence-electron chi connectivity index (χ3n) is 5.26. The molecule has 0 fully saturated rings. The molecule has 0 aromatic heterocycles. The summed E-state index contributed by atoms with van der Waals surface area (Å²) < 4.78 is 28.3. The van der Waals surface area contributed by atoms with Gasteiger partial charge in [0.15, 0.2) is 0 Å². The van der Waals surface area contributed by atoms with Crippen LogP contribution in [0.4, 0.5) is 8.78 Å². The van der Waals surface area contributed by atoms with E-state index in [-0.39, 0.29) is 29.9 Å². The first kappa shape index (κ1) is 24.5. The van der Waals surface area contributed by atoms with E-state index in [4.69, 9.17) is 0 Å². The van der Waals surface area contributed by atoms with Gasteiger partial charge in [0.2, 0.25) is 11.8 Å². The molecule has 0 spiro atoms. The number of halogens is 2. The van der Waals surface area contributed by atoms with Crippen LogP contribution in [0.5, 0.6) is 0 Å². The van der Waals surface area contributed by atoms with Gasteiger partial charge >= 0.3 is 0 Å². The molecule has 0 saturated carbocycles. The highest BCUT2D eigenvalue weighted by Gasteiger charge is 2.30. The van der Waals surface area contributed by atoms with Crippen LogP contribution in [-0.4, -0.2) is 35.6 Å². The van der Waals surface area contributed by atoms with Crippen LogP contribution in [0.25, 0.3) is 0 Å². The van der Waals surface area contributed by atoms with Crippen molar-refractivity contribution in [1.82, 2.24) is 10.2 Å². The number of nitrogens with one attached hydrogen (secondary N) is 1. The zero-order valence-corrected chi connectivity index (χ0v) is 19.2. The first-order chi connectivity index (χ1) is 16.0. The van der Waals surface area contributed by atoms with E-state index in [1.165, 1.54) is 35.8 Å². The average molecular weight is 469 g/mol. The van der Waals surface area contributed by atoms with E-state index in [0.29, 0.717) is 23.3 Å². The maximum Gasteiger partial charge on any atom is 0.242 e. The number of carbonyl (C=O) groups is 2. The zero-order chi connectivity index (χ0) is 23.6. The van der Waals surface area contributed by atoms with Crippen LogP contribution in [0.1, 0.15) is 16.7 Å². The van der Waals surface area contributed by atoms with Gasteiger partial charge in [0.05, 0.1) is 5.75 Å². The number of nitrogens with zero attached hydrogens (tertiary/aromatic N) is 1. The van der Waals surface area contributed by atoms with E-state index in [1.807, 2.05) is 30.3 Å². The van der Waals surface area contributed by atoms with Crippen molar-refractivity contribution < 1.29 is 18.4 Å². The predicted octanol–water partition coefficient (Wildman–Crippen LogP) is 4.58. The number of likely N-dealkylation sites (N-methyl/N-ethyl adjacent to an activating group) is 1. The van der Waals surface area contributed by atoms with Crippen LogP contribution in [0.3, 0.4) is 0 Å². The Morgan fingerprint density at radius 3 is 2.06 bits per heavy atom. The molecule has 0 aliphatic carbocycles. The highest BCUT2D eigenvalue weighted by atomic mass is 32.2. The summed E-state index contributed by atoms with van der Waals surface area (Å²) in [7, 11) is 1.51. The summed E-state index contributed by atoms with van der Waals surface area (Å²) in [6.07, 6.45) is 0.290. The maximum absolute atomic E-state index is 14.4. The van der Waals surface area contributed by atoms with Gasteiger partial charge in [-0.3, -0.25) is 9.59 Å². The fraction of sp³-hybridized carbons (Fsp3) is 0.231. The van der Waals surface area contributed by atoms with Crippen molar-refractivity contribution in [3.05, 3.63) is 107 Å². The second kappa shape index (κ2) is 12.2. The van der Waals surface area contributed by atoms with Gasteiger partial charge in [-0.25, -0.2) is 8.78 Å². The van der Waals surface area contributed by atoms with Gasteiger partial charge in [-0.2, -0.15) is 0 Å². The summed E-state index contributed by atoms with van der Waals surface area (Å²) in [5.74, 6) is -1.07. The van der Waals surface area contributed by atoms with Crippen LogP contribution in [-0.2, 0) is 28.3 Å². The number of rotatable bonds is 10. The lowest BCUT2D eigenvalue weighted by atomic mass is 10.0. The van der Waals surface area contributed by atoms with E-state index in [1.54, 1.807) is 36.4 Å². The summed E-state index contributed by atoms with van der Waals surface area (Å²) >= 11 is 1.26. The Balaban J connectivity index is 1.83. The van der Waals surface area contributed by atoms with Crippen molar-refractivity contribution in [2.45, 2.75) is 24.8 Å². The topological polar surface area (TPSA) is 49.4 Å². The molecule has 1 atom stereocenters. The lowest BCUT2D eigenvalue weighted by Gasteiger charge is -2.31. The summed E-state index contributed by atoms with van der Waals surface area (Å²) in [4.78, 5) is 27.5. The van der Waals surface area contributed by atoms with Crippen molar-refractivity contribution >= 4 is 23.6 Å². The van der Waals surface area contributed by atoms with Gasteiger partial charge in [-0.05, 0) is 23.3 Å². The van der Waals surface area contributed by atoms with Crippen molar-refractivity contribution in [3.8, 4) is 0 Å². The Labute approximate surface area is 197 Å². The third-order valence-corrected chi connectivity index (χ3v) is 6.22. The first-order valence-corrected chi connectivity index (χ1v) is 11.7. The van der Waals surface area contributed by atoms with Crippen LogP contribution in [0, 0.1) is 11.6 Å². The van der Waals surface area contributed by atoms with Gasteiger partial charge in [-0.15, -0.1) is 11.8 Å². The number of benzene rings is 3. The SMILES string of the molecule is CNC(=O)[C@H](Cc1ccccc1)N(Cc1ccccc1F)C(=O)CSCc1ccccc1F. The Bertz CT molecular complexity index is 1080. The van der Waals surface area contributed by atoms with E-state index in [9.17, 15) is 18.4 Å². The molecule has 3 aromatic carbocycles. The Kier molecular flexibility index (Phi) is 9.01. The van der Waals surface area contributed by atoms with E-state index < -0.39 is 11.9 Å². The molecule has 0 unspecified atom stereocenters. The molecule has 7 heteroatoms. The standard InChI is InChI=1S/C26H26F2N2O2S/c1-29-26(32)24(15-19-9-3-2-4-10-19)30(16-20-11-5-7-13-22(20)27)25(31)18-33-17-21-12-6-8-14-23(21)28/h2-14,24H,15-18H2,1H3,(H,29,32)/t24-/m0/s1. The molecular formula is C26H26F2N2O2S. The minimum atomic E-state index is -0.821. The summed E-state index contributed by atoms with van der Waals surface area (Å²) in [6.45, 7) is -0.0450. The van der Waals surface area contributed by atoms with E-state index >= 15 is 0 Å². The quantitative estimate of drug-likeness (QED) is 0.474. The maximum atomic E-state index is 14.4. The van der Waals surface area contributed by atoms with Gasteiger partial charge in [0.25, 0.3) is 0 Å². The van der Waals surface area contributed by atoms with Crippen molar-refractivity contribution in [3.63, 3.8) is 0 Å². The molecule has 3 aromatic rings. The second-order valence-electron chi connectivity index (χ2n) is 7.52. The number of amides is 2. The molecule has 0 aliphatic rings. The van der Waals surface area contributed by atoms with Gasteiger partial charge < -0.3 is 10.2 Å². The van der Waals surface area contributed by atoms with E-state index in [0.717, 1.165) is 5.56 Å². The molecule has 1 N–H and O–H groups in total. The smallest absolute Gasteiger partial charge is 0.242 e. The number of hydrogen-bond donors (Lipinski definition) is 1. The largest absolute Gasteiger partial charge is 0.357 e. The molecule has 2 amide bonds. The lowest BCUT2D eigenvalue weighted by molar-refractivity contribution is -0.139. The third kappa shape index (κ3) is 6.89. The van der Waals surface area contributed by atoms with Crippen LogP contribution in [0.2, 0.25) is 0 Å². The highest BCUT2D eigenvalue weighted by molar-refractivity contribution is 7.99. The predicted molar refractivity (Wildman–Crippen MR) is 128 cm³/mol. The number of thioether (sulfide) groups is 1. The first-order valence-electron chi connectivity index (χ1n) is 10.6. The fourth-order valence-corrected chi connectivity index (χ4v) is 4.37. The molecule has 3 rings (SSSR count). The Morgan fingerprint density at radius 2 is 1.45 bits per heavy atom. The zero-order valence-electron chi connectivity index (χ0n) is 18.3. The molecular weight excluding hydrogens is 442 g/mol. The molecule has 4 nitrogen and oxygen atoms in total. The van der Waals surface area contributed by atoms with Crippen molar-refractivity contribution in [1.29, 1.82) is 0 Å². The molecule has 33 heavy (non-hydrogen) atoms. The number of carbonyl (C=O) groups excluding carboxylic acids is 2. The summed E-state index contributed by atoms with van der Waals surface area (Å²) in [5.41, 5.74) is 1.71. The van der Waals surface area contributed by atoms with Crippen LogP contribution in [0.15, 0.2) is 78.9 Å². The lowest BCUT2D eigenvalue weighted by Crippen LogP contribution is -2.50. The molecule has 0 bridgehead atoms. The van der Waals surface area contributed by atoms with Crippen LogP contribution < -0.4 is 5.32 Å². The summed E-state index contributed by atoms with van der Waals surface area (Å²) in [5, 5.41) is 2.63. The second-order valence-corrected chi connectivity index (χ2v) is 8.50. The minimum absolute atomic E-state index is 0.0328. The fourth-order valence-electron chi connectivity index (χ4n) is 3.48. The van der Waals surface area contributed by atoms with E-state index in [2.05, 4.69) is 5.32 Å². The normalized spacial score (nSPS) is 11.6.